The van der Waals surface area contributed by atoms with Crippen molar-refractivity contribution in [3.05, 3.63) is 76.0 Å². The summed E-state index contributed by atoms with van der Waals surface area (Å²) < 4.78 is 13.4. The molecular formula is C18H16ClFN2O. The monoisotopic (exact) mass is 330 g/mol. The van der Waals surface area contributed by atoms with E-state index in [2.05, 4.69) is 4.98 Å². The summed E-state index contributed by atoms with van der Waals surface area (Å²) in [5.74, 6) is -0.310. The Morgan fingerprint density at radius 3 is 2.52 bits per heavy atom. The highest BCUT2D eigenvalue weighted by Gasteiger charge is 2.21. The minimum atomic E-state index is -0.465. The fraction of sp³-hybridized carbons (Fsp3) is 0.167. The molecule has 3 nitrogen and oxygen atoms in total. The molecule has 1 aromatic heterocycles. The van der Waals surface area contributed by atoms with Crippen LogP contribution < -0.4 is 4.90 Å². The molecule has 0 aliphatic carbocycles. The zero-order valence-electron chi connectivity index (χ0n) is 12.8. The summed E-state index contributed by atoms with van der Waals surface area (Å²) in [5, 5.41) is 10.4. The van der Waals surface area contributed by atoms with E-state index < -0.39 is 5.82 Å². The van der Waals surface area contributed by atoms with Crippen molar-refractivity contribution in [2.75, 3.05) is 11.4 Å². The van der Waals surface area contributed by atoms with E-state index in [0.29, 0.717) is 12.2 Å². The fourth-order valence-electron chi connectivity index (χ4n) is 2.74. The lowest BCUT2D eigenvalue weighted by Crippen LogP contribution is -2.25. The molecule has 3 rings (SSSR count). The number of allylic oxidation sites excluding steroid dienone is 1. The molecule has 0 saturated carbocycles. The molecule has 0 radical (unpaired) electrons. The molecule has 2 heterocycles. The highest BCUT2D eigenvalue weighted by molar-refractivity contribution is 6.31. The molecule has 1 N–H and O–H groups in total. The Kier molecular flexibility index (Phi) is 4.09. The topological polar surface area (TPSA) is 36.4 Å². The van der Waals surface area contributed by atoms with Gasteiger partial charge in [0.05, 0.1) is 10.7 Å². The van der Waals surface area contributed by atoms with Gasteiger partial charge in [-0.15, -0.1) is 0 Å². The van der Waals surface area contributed by atoms with E-state index >= 15 is 0 Å². The summed E-state index contributed by atoms with van der Waals surface area (Å²) in [6, 6.07) is 8.36. The number of benzene rings is 1. The largest absolute Gasteiger partial charge is 0.506 e. The van der Waals surface area contributed by atoms with E-state index in [-0.39, 0.29) is 10.8 Å². The van der Waals surface area contributed by atoms with E-state index in [9.17, 15) is 9.50 Å². The van der Waals surface area contributed by atoms with Crippen molar-refractivity contribution in [2.24, 2.45) is 0 Å². The Morgan fingerprint density at radius 1 is 1.17 bits per heavy atom. The zero-order valence-corrected chi connectivity index (χ0v) is 13.6. The minimum absolute atomic E-state index is 0.0537. The maximum absolute atomic E-state index is 13.4. The Morgan fingerprint density at radius 2 is 1.87 bits per heavy atom. The predicted molar refractivity (Wildman–Crippen MR) is 91.2 cm³/mol. The van der Waals surface area contributed by atoms with Gasteiger partial charge in [0.15, 0.2) is 0 Å². The van der Waals surface area contributed by atoms with E-state index in [1.807, 2.05) is 37.0 Å². The lowest BCUT2D eigenvalue weighted by Gasteiger charge is -2.30. The lowest BCUT2D eigenvalue weighted by atomic mass is 10.0. The molecule has 0 fully saturated rings. The molecule has 0 unspecified atom stereocenters. The van der Waals surface area contributed by atoms with Crippen LogP contribution in [0.5, 0.6) is 0 Å². The number of hydrogen-bond donors (Lipinski definition) is 1. The fourth-order valence-corrected chi connectivity index (χ4v) is 2.92. The van der Waals surface area contributed by atoms with Gasteiger partial charge >= 0.3 is 0 Å². The van der Waals surface area contributed by atoms with Crippen LogP contribution in [0.2, 0.25) is 5.02 Å². The second-order valence-corrected chi connectivity index (χ2v) is 5.89. The van der Waals surface area contributed by atoms with Gasteiger partial charge in [-0.25, -0.2) is 4.39 Å². The first-order valence-electron chi connectivity index (χ1n) is 7.24. The van der Waals surface area contributed by atoms with E-state index in [1.165, 1.54) is 6.07 Å². The Hall–Kier alpha value is -2.33. The van der Waals surface area contributed by atoms with Gasteiger partial charge in [-0.2, -0.15) is 0 Å². The van der Waals surface area contributed by atoms with Crippen molar-refractivity contribution >= 4 is 23.0 Å². The van der Waals surface area contributed by atoms with Gasteiger partial charge in [0.25, 0.3) is 0 Å². The molecule has 5 heteroatoms. The molecule has 2 aromatic rings. The van der Waals surface area contributed by atoms with Crippen molar-refractivity contribution in [1.29, 1.82) is 0 Å². The summed E-state index contributed by atoms with van der Waals surface area (Å²) in [7, 11) is 0. The summed E-state index contributed by atoms with van der Waals surface area (Å²) in [6.07, 6.45) is 3.51. The van der Waals surface area contributed by atoms with Gasteiger partial charge in [-0.3, -0.25) is 4.98 Å². The number of aromatic nitrogens is 1. The smallest absolute Gasteiger partial charge is 0.141 e. The van der Waals surface area contributed by atoms with Crippen LogP contribution in [0.3, 0.4) is 0 Å². The standard InChI is InChI=1S/C18H16ClFN2O/c1-11-8-13(9-12(2)21-11)18-17(23)4-3-7-22(18)14-5-6-16(20)15(19)10-14/h3-6,8-10,23H,7H2,1-2H3. The maximum Gasteiger partial charge on any atom is 0.141 e. The average Bonchev–Trinajstić information content (AvgIpc) is 2.48. The summed E-state index contributed by atoms with van der Waals surface area (Å²) in [4.78, 5) is 6.26. The van der Waals surface area contributed by atoms with Gasteiger partial charge < -0.3 is 10.0 Å². The number of aryl methyl sites for hydroxylation is 2. The van der Waals surface area contributed by atoms with Gasteiger partial charge in [0.1, 0.15) is 11.6 Å². The van der Waals surface area contributed by atoms with Gasteiger partial charge in [0.2, 0.25) is 0 Å². The van der Waals surface area contributed by atoms with Crippen LogP contribution in [0.1, 0.15) is 17.0 Å². The zero-order chi connectivity index (χ0) is 16.6. The Balaban J connectivity index is 2.13. The van der Waals surface area contributed by atoms with Crippen LogP contribution in [0.15, 0.2) is 48.2 Å². The second-order valence-electron chi connectivity index (χ2n) is 5.48. The number of halogens is 2. The lowest BCUT2D eigenvalue weighted by molar-refractivity contribution is 0.431. The van der Waals surface area contributed by atoms with Crippen LogP contribution in [0.25, 0.3) is 5.70 Å². The maximum atomic E-state index is 13.4. The number of anilines is 1. The first-order valence-corrected chi connectivity index (χ1v) is 7.61. The second kappa shape index (κ2) is 6.05. The van der Waals surface area contributed by atoms with Crippen molar-refractivity contribution in [3.8, 4) is 0 Å². The molecule has 23 heavy (non-hydrogen) atoms. The SMILES string of the molecule is Cc1cc(C2=C(O)C=CCN2c2ccc(F)c(Cl)c2)cc(C)n1. The van der Waals surface area contributed by atoms with Crippen LogP contribution in [0.4, 0.5) is 10.1 Å². The molecule has 1 aromatic carbocycles. The van der Waals surface area contributed by atoms with Crippen LogP contribution in [-0.4, -0.2) is 16.6 Å². The molecule has 1 aliphatic heterocycles. The Bertz CT molecular complexity index is 810. The van der Waals surface area contributed by atoms with E-state index in [1.54, 1.807) is 18.2 Å². The van der Waals surface area contributed by atoms with Gasteiger partial charge in [-0.05, 0) is 50.3 Å². The van der Waals surface area contributed by atoms with Crippen LogP contribution >= 0.6 is 11.6 Å². The molecular weight excluding hydrogens is 315 g/mol. The molecule has 1 aliphatic rings. The molecule has 0 spiro atoms. The average molecular weight is 331 g/mol. The van der Waals surface area contributed by atoms with E-state index in [0.717, 1.165) is 22.6 Å². The predicted octanol–water partition coefficient (Wildman–Crippen LogP) is 4.79. The van der Waals surface area contributed by atoms with Crippen molar-refractivity contribution in [2.45, 2.75) is 13.8 Å². The van der Waals surface area contributed by atoms with Crippen LogP contribution in [0, 0.1) is 19.7 Å². The quantitative estimate of drug-likeness (QED) is 0.859. The number of pyridine rings is 1. The van der Waals surface area contributed by atoms with Gasteiger partial charge in [0, 0.05) is 29.2 Å². The molecule has 118 valence electrons. The first kappa shape index (κ1) is 15.6. The van der Waals surface area contributed by atoms with Crippen LogP contribution in [-0.2, 0) is 0 Å². The number of rotatable bonds is 2. The summed E-state index contributed by atoms with van der Waals surface area (Å²) in [6.45, 7) is 4.37. The van der Waals surface area contributed by atoms with E-state index in [4.69, 9.17) is 11.6 Å². The van der Waals surface area contributed by atoms with Crippen molar-refractivity contribution in [3.63, 3.8) is 0 Å². The highest BCUT2D eigenvalue weighted by Crippen LogP contribution is 2.33. The normalized spacial score (nSPS) is 14.5. The minimum Gasteiger partial charge on any atom is -0.506 e. The summed E-state index contributed by atoms with van der Waals surface area (Å²) in [5.41, 5.74) is 3.97. The first-order chi connectivity index (χ1) is 11.0. The van der Waals surface area contributed by atoms with Crippen molar-refractivity contribution in [1.82, 2.24) is 4.98 Å². The molecule has 0 amide bonds. The van der Waals surface area contributed by atoms with Crippen molar-refractivity contribution < 1.29 is 9.50 Å². The highest BCUT2D eigenvalue weighted by atomic mass is 35.5. The number of nitrogens with zero attached hydrogens (tertiary/aromatic N) is 2. The third-order valence-corrected chi connectivity index (χ3v) is 3.94. The molecule has 0 bridgehead atoms. The number of aliphatic hydroxyl groups is 1. The molecule has 0 saturated heterocycles. The number of hydrogen-bond acceptors (Lipinski definition) is 3. The summed E-state index contributed by atoms with van der Waals surface area (Å²) >= 11 is 5.91. The number of aliphatic hydroxyl groups excluding tert-OH is 1. The molecule has 0 atom stereocenters. The third kappa shape index (κ3) is 3.08. The van der Waals surface area contributed by atoms with Gasteiger partial charge in [-0.1, -0.05) is 17.7 Å². The Labute approximate surface area is 139 Å². The third-order valence-electron chi connectivity index (χ3n) is 3.65.